The van der Waals surface area contributed by atoms with Gasteiger partial charge in [-0.15, -0.1) is 0 Å². The van der Waals surface area contributed by atoms with Crippen LogP contribution in [-0.4, -0.2) is 48.3 Å². The van der Waals surface area contributed by atoms with E-state index in [9.17, 15) is 15.3 Å². The molecule has 7 heteroatoms. The highest BCUT2D eigenvalue weighted by atomic mass is 31.2. The van der Waals surface area contributed by atoms with Crippen molar-refractivity contribution >= 4 is 8.60 Å². The van der Waals surface area contributed by atoms with Gasteiger partial charge in [0, 0.05) is 0 Å². The van der Waals surface area contributed by atoms with Crippen molar-refractivity contribution in [2.24, 2.45) is 53.3 Å². The largest absolute Gasteiger partial charge is 0.393 e. The smallest absolute Gasteiger partial charge is 0.324 e. The molecule has 9 unspecified atom stereocenters. The summed E-state index contributed by atoms with van der Waals surface area (Å²) in [5.74, 6) is 5.84. The summed E-state index contributed by atoms with van der Waals surface area (Å²) < 4.78 is 0. The second kappa shape index (κ2) is 19.3. The first-order valence-corrected chi connectivity index (χ1v) is 16.2. The lowest BCUT2D eigenvalue weighted by Crippen LogP contribution is -2.31. The van der Waals surface area contributed by atoms with Crippen molar-refractivity contribution in [3.05, 3.63) is 0 Å². The first kappa shape index (κ1) is 37.2. The lowest BCUT2D eigenvalue weighted by Gasteiger charge is -2.33. The highest BCUT2D eigenvalue weighted by molar-refractivity contribution is 7.38. The molecule has 3 aliphatic carbocycles. The summed E-state index contributed by atoms with van der Waals surface area (Å²) in [7, 11) is -2.62. The molecule has 3 fully saturated rings. The summed E-state index contributed by atoms with van der Waals surface area (Å²) in [6.07, 6.45) is 10.5. The van der Waals surface area contributed by atoms with E-state index in [1.165, 1.54) is 38.5 Å². The fourth-order valence-electron chi connectivity index (χ4n) is 6.46. The summed E-state index contributed by atoms with van der Waals surface area (Å²) in [4.78, 5) is 21.7. The molecule has 3 aliphatic rings. The molecule has 0 spiro atoms. The molecule has 6 N–H and O–H groups in total. The van der Waals surface area contributed by atoms with Crippen LogP contribution in [0.25, 0.3) is 0 Å². The van der Waals surface area contributed by atoms with Crippen molar-refractivity contribution in [2.75, 3.05) is 0 Å². The average molecular weight is 551 g/mol. The van der Waals surface area contributed by atoms with E-state index in [-0.39, 0.29) is 18.3 Å². The Hall–Kier alpha value is 0.190. The normalized spacial score (nSPS) is 36.2. The van der Waals surface area contributed by atoms with E-state index in [0.29, 0.717) is 35.5 Å². The maximum Gasteiger partial charge on any atom is 0.324 e. The fraction of sp³-hybridized carbons (Fsp3) is 1.00. The summed E-state index contributed by atoms with van der Waals surface area (Å²) in [6.45, 7) is 20.0. The Bertz CT molecular complexity index is 484. The average Bonchev–Trinajstić information content (AvgIpc) is 2.73. The number of hydrogen-bond acceptors (Lipinski definition) is 6. The van der Waals surface area contributed by atoms with Gasteiger partial charge in [0.1, 0.15) is 0 Å². The molecule has 6 nitrogen and oxygen atoms in total. The van der Waals surface area contributed by atoms with E-state index < -0.39 is 8.60 Å². The molecular weight excluding hydrogens is 487 g/mol. The number of aliphatic hydroxyl groups is 3. The lowest BCUT2D eigenvalue weighted by molar-refractivity contribution is 0.0263. The second-order valence-electron chi connectivity index (χ2n) is 13.4. The maximum absolute atomic E-state index is 9.71. The highest BCUT2D eigenvalue weighted by Crippen LogP contribution is 2.34. The topological polar surface area (TPSA) is 121 Å². The van der Waals surface area contributed by atoms with Crippen LogP contribution in [0.3, 0.4) is 0 Å². The Morgan fingerprint density at radius 1 is 0.459 bits per heavy atom. The van der Waals surface area contributed by atoms with Crippen molar-refractivity contribution in [3.63, 3.8) is 0 Å². The van der Waals surface area contributed by atoms with Gasteiger partial charge < -0.3 is 30.0 Å². The molecule has 0 aliphatic heterocycles. The summed E-state index contributed by atoms with van der Waals surface area (Å²) >= 11 is 0. The van der Waals surface area contributed by atoms with Crippen LogP contribution in [-0.2, 0) is 0 Å². The molecule has 0 aromatic heterocycles. The molecule has 0 radical (unpaired) electrons. The van der Waals surface area contributed by atoms with Gasteiger partial charge in [0.15, 0.2) is 0 Å². The molecule has 0 amide bonds. The van der Waals surface area contributed by atoms with Crippen molar-refractivity contribution in [1.29, 1.82) is 0 Å². The first-order chi connectivity index (χ1) is 17.1. The Balaban J connectivity index is 0.000000490. The van der Waals surface area contributed by atoms with Crippen LogP contribution in [0.1, 0.15) is 120 Å². The van der Waals surface area contributed by atoms with E-state index in [2.05, 4.69) is 62.3 Å². The first-order valence-electron chi connectivity index (χ1n) is 15.0. The van der Waals surface area contributed by atoms with Gasteiger partial charge in [0.05, 0.1) is 18.3 Å². The van der Waals surface area contributed by atoms with Crippen LogP contribution >= 0.6 is 8.60 Å². The molecule has 3 saturated carbocycles. The Labute approximate surface area is 230 Å². The molecule has 37 heavy (non-hydrogen) atoms. The van der Waals surface area contributed by atoms with E-state index in [1.807, 2.05) is 0 Å². The van der Waals surface area contributed by atoms with E-state index in [1.54, 1.807) is 0 Å². The quantitative estimate of drug-likeness (QED) is 0.223. The van der Waals surface area contributed by atoms with Gasteiger partial charge in [0.25, 0.3) is 0 Å². The van der Waals surface area contributed by atoms with Crippen molar-refractivity contribution in [2.45, 2.75) is 138 Å². The number of hydrogen-bond donors (Lipinski definition) is 6. The van der Waals surface area contributed by atoms with Crippen LogP contribution in [0.5, 0.6) is 0 Å². The van der Waals surface area contributed by atoms with Gasteiger partial charge in [-0.25, -0.2) is 0 Å². The molecule has 3 rings (SSSR count). The van der Waals surface area contributed by atoms with Gasteiger partial charge in [-0.2, -0.15) is 0 Å². The molecule has 224 valence electrons. The predicted octanol–water partition coefficient (Wildman–Crippen LogP) is 6.51. The minimum Gasteiger partial charge on any atom is -0.393 e. The minimum absolute atomic E-state index is 0.0289. The Kier molecular flexibility index (Phi) is 19.4. The third-order valence-electron chi connectivity index (χ3n) is 8.96. The highest BCUT2D eigenvalue weighted by Gasteiger charge is 2.30. The van der Waals surface area contributed by atoms with Gasteiger partial charge in [-0.05, 0) is 91.8 Å². The standard InChI is InChI=1S/3C10H20O.H3O3P/c3*1-7(2)9-5-4-8(3)6-10(9)11;1-4(2)3/h3*7-11H,4-6H2,1-3H3;1-3H. The molecule has 0 bridgehead atoms. The SMILES string of the molecule is CC1CCC(C(C)C)C(O)C1.CC1CCC(C(C)C)C(O)C1.CC1CCC(C(C)C)C(O)C1.OP(O)O. The zero-order valence-electron chi connectivity index (χ0n) is 25.4. The Morgan fingerprint density at radius 2 is 0.649 bits per heavy atom. The van der Waals surface area contributed by atoms with Gasteiger partial charge >= 0.3 is 8.60 Å². The van der Waals surface area contributed by atoms with E-state index in [4.69, 9.17) is 14.7 Å². The van der Waals surface area contributed by atoms with Crippen LogP contribution in [0.4, 0.5) is 0 Å². The molecule has 0 aromatic rings. The fourth-order valence-corrected chi connectivity index (χ4v) is 6.46. The van der Waals surface area contributed by atoms with Gasteiger partial charge in [0.2, 0.25) is 0 Å². The molecule has 9 atom stereocenters. The van der Waals surface area contributed by atoms with E-state index >= 15 is 0 Å². The number of rotatable bonds is 3. The second-order valence-corrected chi connectivity index (χ2v) is 14.0. The zero-order chi connectivity index (χ0) is 28.9. The maximum atomic E-state index is 9.71. The minimum atomic E-state index is -2.62. The predicted molar refractivity (Wildman–Crippen MR) is 156 cm³/mol. The summed E-state index contributed by atoms with van der Waals surface area (Å²) in [5, 5.41) is 29.1. The summed E-state index contributed by atoms with van der Waals surface area (Å²) in [6, 6.07) is 0. The molecule has 0 aromatic carbocycles. The molecule has 0 saturated heterocycles. The van der Waals surface area contributed by atoms with Crippen molar-refractivity contribution < 1.29 is 30.0 Å². The monoisotopic (exact) mass is 550 g/mol. The van der Waals surface area contributed by atoms with Gasteiger partial charge in [-0.1, -0.05) is 81.6 Å². The third-order valence-corrected chi connectivity index (χ3v) is 8.96. The zero-order valence-corrected chi connectivity index (χ0v) is 26.3. The van der Waals surface area contributed by atoms with Crippen LogP contribution < -0.4 is 0 Å². The van der Waals surface area contributed by atoms with Crippen molar-refractivity contribution in [3.8, 4) is 0 Å². The van der Waals surface area contributed by atoms with Gasteiger partial charge in [-0.3, -0.25) is 0 Å². The lowest BCUT2D eigenvalue weighted by atomic mass is 9.75. The molecular formula is C30H63O6P. The van der Waals surface area contributed by atoms with Crippen molar-refractivity contribution in [1.82, 2.24) is 0 Å². The van der Waals surface area contributed by atoms with E-state index in [0.717, 1.165) is 37.0 Å². The van der Waals surface area contributed by atoms with Crippen LogP contribution in [0.15, 0.2) is 0 Å². The summed E-state index contributed by atoms with van der Waals surface area (Å²) in [5.41, 5.74) is 0. The number of aliphatic hydroxyl groups excluding tert-OH is 3. The Morgan fingerprint density at radius 3 is 0.784 bits per heavy atom. The third kappa shape index (κ3) is 16.1. The van der Waals surface area contributed by atoms with Crippen LogP contribution in [0.2, 0.25) is 0 Å². The van der Waals surface area contributed by atoms with Crippen LogP contribution in [0, 0.1) is 53.3 Å². The molecule has 0 heterocycles.